The van der Waals surface area contributed by atoms with Gasteiger partial charge in [0, 0.05) is 23.5 Å². The Morgan fingerprint density at radius 1 is 0.941 bits per heavy atom. The average Bonchev–Trinajstić information content (AvgIpc) is 3.34. The summed E-state index contributed by atoms with van der Waals surface area (Å²) in [7, 11) is 0. The van der Waals surface area contributed by atoms with Crippen molar-refractivity contribution >= 4 is 28.8 Å². The van der Waals surface area contributed by atoms with Crippen LogP contribution in [0.2, 0.25) is 0 Å². The van der Waals surface area contributed by atoms with Gasteiger partial charge in [-0.3, -0.25) is 14.6 Å². The van der Waals surface area contributed by atoms with Gasteiger partial charge in [0.2, 0.25) is 5.01 Å². The number of amides is 2. The molecule has 0 aliphatic rings. The number of nitrogens with zero attached hydrogens (tertiary/aromatic N) is 3. The minimum atomic E-state index is -1.07. The monoisotopic (exact) mass is 481 g/mol. The summed E-state index contributed by atoms with van der Waals surface area (Å²) in [5.74, 6) is -2.41. The number of anilines is 1. The van der Waals surface area contributed by atoms with Gasteiger partial charge in [0.05, 0.1) is 12.2 Å². The van der Waals surface area contributed by atoms with E-state index in [1.165, 1.54) is 6.07 Å². The zero-order chi connectivity index (χ0) is 23.9. The lowest BCUT2D eigenvalue weighted by Crippen LogP contribution is -2.23. The maximum Gasteiger partial charge on any atom is 0.286 e. The number of carbonyl (C=O) groups excluding carboxylic acids is 2. The van der Waals surface area contributed by atoms with Crippen molar-refractivity contribution in [2.75, 3.05) is 5.32 Å². The number of carbonyl (C=O) groups is 2. The zero-order valence-electron chi connectivity index (χ0n) is 17.5. The highest BCUT2D eigenvalue weighted by Crippen LogP contribution is 2.18. The summed E-state index contributed by atoms with van der Waals surface area (Å²) in [5, 5.41) is 13.4. The number of hydrogen-bond donors (Lipinski definition) is 2. The Bertz CT molecular complexity index is 1300. The molecule has 0 aliphatic heterocycles. The standard InChI is InChI=1S/C23H17F2N5O3S/c24-18-9-6-15(11-19(18)25)28-22(32)23-30-29-20(34-23)13-33-17-7-4-14(5-8-17)21(31)27-12-16-3-1-2-10-26-16/h1-11H,12-13H2,(H,27,31)(H,28,32). The molecular weight excluding hydrogens is 464 g/mol. The van der Waals surface area contributed by atoms with E-state index in [4.69, 9.17) is 4.74 Å². The first-order valence-corrected chi connectivity index (χ1v) is 10.8. The lowest BCUT2D eigenvalue weighted by molar-refractivity contribution is 0.0949. The first-order chi connectivity index (χ1) is 16.5. The second-order valence-electron chi connectivity index (χ2n) is 6.90. The van der Waals surface area contributed by atoms with Crippen LogP contribution in [0.4, 0.5) is 14.5 Å². The molecule has 0 atom stereocenters. The first-order valence-electron chi connectivity index (χ1n) is 9.98. The third kappa shape index (κ3) is 5.95. The molecule has 0 aliphatic carbocycles. The molecule has 0 radical (unpaired) electrons. The van der Waals surface area contributed by atoms with Crippen molar-refractivity contribution < 1.29 is 23.1 Å². The molecule has 11 heteroatoms. The molecule has 0 saturated heterocycles. The molecule has 2 heterocycles. The van der Waals surface area contributed by atoms with E-state index >= 15 is 0 Å². The maximum atomic E-state index is 13.3. The van der Waals surface area contributed by atoms with Crippen LogP contribution in [0.3, 0.4) is 0 Å². The minimum absolute atomic E-state index is 0.0447. The first kappa shape index (κ1) is 22.9. The van der Waals surface area contributed by atoms with E-state index in [1.807, 2.05) is 12.1 Å². The van der Waals surface area contributed by atoms with Crippen LogP contribution in [0.15, 0.2) is 66.9 Å². The second kappa shape index (κ2) is 10.6. The van der Waals surface area contributed by atoms with Crippen molar-refractivity contribution in [2.45, 2.75) is 13.2 Å². The highest BCUT2D eigenvalue weighted by molar-refractivity contribution is 7.13. The summed E-state index contributed by atoms with van der Waals surface area (Å²) in [6.07, 6.45) is 1.66. The van der Waals surface area contributed by atoms with Crippen LogP contribution < -0.4 is 15.4 Å². The van der Waals surface area contributed by atoms with E-state index in [0.29, 0.717) is 22.9 Å². The lowest BCUT2D eigenvalue weighted by atomic mass is 10.2. The average molecular weight is 481 g/mol. The summed E-state index contributed by atoms with van der Waals surface area (Å²) >= 11 is 1.00. The fourth-order valence-electron chi connectivity index (χ4n) is 2.79. The highest BCUT2D eigenvalue weighted by Gasteiger charge is 2.15. The molecule has 0 saturated carbocycles. The van der Waals surface area contributed by atoms with Gasteiger partial charge in [-0.25, -0.2) is 8.78 Å². The predicted octanol–water partition coefficient (Wildman–Crippen LogP) is 3.97. The molecule has 4 aromatic rings. The van der Waals surface area contributed by atoms with Crippen LogP contribution in [-0.2, 0) is 13.2 Å². The molecule has 0 spiro atoms. The van der Waals surface area contributed by atoms with E-state index in [-0.39, 0.29) is 23.2 Å². The van der Waals surface area contributed by atoms with Gasteiger partial charge in [-0.1, -0.05) is 17.4 Å². The maximum absolute atomic E-state index is 13.3. The van der Waals surface area contributed by atoms with E-state index in [1.54, 1.807) is 36.5 Å². The zero-order valence-corrected chi connectivity index (χ0v) is 18.3. The van der Waals surface area contributed by atoms with Gasteiger partial charge < -0.3 is 15.4 Å². The van der Waals surface area contributed by atoms with Crippen molar-refractivity contribution in [2.24, 2.45) is 0 Å². The van der Waals surface area contributed by atoms with Gasteiger partial charge in [0.25, 0.3) is 11.8 Å². The Labute approximate surface area is 196 Å². The van der Waals surface area contributed by atoms with Crippen molar-refractivity contribution in [3.63, 3.8) is 0 Å². The summed E-state index contributed by atoms with van der Waals surface area (Å²) in [6, 6.07) is 15.1. The summed E-state index contributed by atoms with van der Waals surface area (Å²) in [6.45, 7) is 0.377. The van der Waals surface area contributed by atoms with E-state index < -0.39 is 17.5 Å². The number of rotatable bonds is 8. The quantitative estimate of drug-likeness (QED) is 0.395. The Hall–Kier alpha value is -4.25. The molecule has 2 N–H and O–H groups in total. The molecule has 0 fully saturated rings. The SMILES string of the molecule is O=C(NCc1ccccn1)c1ccc(OCc2nnc(C(=O)Nc3ccc(F)c(F)c3)s2)cc1. The Morgan fingerprint density at radius 2 is 1.76 bits per heavy atom. The molecule has 2 aromatic heterocycles. The molecule has 4 rings (SSSR count). The van der Waals surface area contributed by atoms with Crippen LogP contribution in [0.1, 0.15) is 30.9 Å². The van der Waals surface area contributed by atoms with E-state index in [9.17, 15) is 18.4 Å². The Balaban J connectivity index is 1.28. The van der Waals surface area contributed by atoms with Crippen molar-refractivity contribution in [1.82, 2.24) is 20.5 Å². The number of ether oxygens (including phenoxy) is 1. The number of pyridine rings is 1. The van der Waals surface area contributed by atoms with Gasteiger partial charge in [-0.05, 0) is 48.5 Å². The molecule has 2 aromatic carbocycles. The van der Waals surface area contributed by atoms with Crippen LogP contribution >= 0.6 is 11.3 Å². The van der Waals surface area contributed by atoms with Crippen molar-refractivity contribution in [3.05, 3.63) is 99.8 Å². The fraction of sp³-hybridized carbons (Fsp3) is 0.0870. The Kier molecular flexibility index (Phi) is 7.13. The summed E-state index contributed by atoms with van der Waals surface area (Å²) < 4.78 is 31.9. The number of halogens is 2. The largest absolute Gasteiger partial charge is 0.486 e. The fourth-order valence-corrected chi connectivity index (χ4v) is 3.43. The number of benzene rings is 2. The molecule has 0 bridgehead atoms. The van der Waals surface area contributed by atoms with Gasteiger partial charge in [-0.2, -0.15) is 0 Å². The summed E-state index contributed by atoms with van der Waals surface area (Å²) in [4.78, 5) is 28.7. The molecule has 0 unspecified atom stereocenters. The van der Waals surface area contributed by atoms with Crippen molar-refractivity contribution in [3.8, 4) is 5.75 Å². The van der Waals surface area contributed by atoms with Crippen molar-refractivity contribution in [1.29, 1.82) is 0 Å². The van der Waals surface area contributed by atoms with Gasteiger partial charge in [-0.15, -0.1) is 10.2 Å². The second-order valence-corrected chi connectivity index (χ2v) is 7.96. The number of nitrogens with one attached hydrogen (secondary N) is 2. The van der Waals surface area contributed by atoms with Crippen LogP contribution in [-0.4, -0.2) is 27.0 Å². The minimum Gasteiger partial charge on any atom is -0.486 e. The van der Waals surface area contributed by atoms with E-state index in [2.05, 4.69) is 25.8 Å². The Morgan fingerprint density at radius 3 is 2.50 bits per heavy atom. The van der Waals surface area contributed by atoms with E-state index in [0.717, 1.165) is 29.2 Å². The van der Waals surface area contributed by atoms with Crippen LogP contribution in [0.5, 0.6) is 5.75 Å². The summed E-state index contributed by atoms with van der Waals surface area (Å²) in [5.41, 5.74) is 1.32. The van der Waals surface area contributed by atoms with Gasteiger partial charge >= 0.3 is 0 Å². The molecule has 2 amide bonds. The normalized spacial score (nSPS) is 10.5. The third-order valence-electron chi connectivity index (χ3n) is 4.47. The highest BCUT2D eigenvalue weighted by atomic mass is 32.1. The molecule has 172 valence electrons. The smallest absolute Gasteiger partial charge is 0.286 e. The van der Waals surface area contributed by atoms with Crippen LogP contribution in [0.25, 0.3) is 0 Å². The predicted molar refractivity (Wildman–Crippen MR) is 120 cm³/mol. The third-order valence-corrected chi connectivity index (χ3v) is 5.37. The molecular formula is C23H17F2N5O3S. The molecule has 8 nitrogen and oxygen atoms in total. The molecule has 34 heavy (non-hydrogen) atoms. The van der Waals surface area contributed by atoms with Gasteiger partial charge in [0.15, 0.2) is 16.6 Å². The van der Waals surface area contributed by atoms with Crippen LogP contribution in [0, 0.1) is 11.6 Å². The lowest BCUT2D eigenvalue weighted by Gasteiger charge is -2.07. The van der Waals surface area contributed by atoms with Gasteiger partial charge in [0.1, 0.15) is 12.4 Å². The topological polar surface area (TPSA) is 106 Å². The number of hydrogen-bond acceptors (Lipinski definition) is 7. The number of aromatic nitrogens is 3.